The lowest BCUT2D eigenvalue weighted by molar-refractivity contribution is -0.122. The molecule has 2 unspecified atom stereocenters. The van der Waals surface area contributed by atoms with Gasteiger partial charge in [0, 0.05) is 10.7 Å². The van der Waals surface area contributed by atoms with E-state index in [0.717, 1.165) is 11.1 Å². The van der Waals surface area contributed by atoms with Gasteiger partial charge in [0.1, 0.15) is 5.75 Å². The van der Waals surface area contributed by atoms with Crippen molar-refractivity contribution >= 4 is 23.2 Å². The fraction of sp³-hybridized carbons (Fsp3) is 0.278. The van der Waals surface area contributed by atoms with Crippen molar-refractivity contribution in [2.45, 2.75) is 33.0 Å². The first-order valence-corrected chi connectivity index (χ1v) is 7.76. The maximum atomic E-state index is 12.3. The molecule has 5 heteroatoms. The molecule has 122 valence electrons. The molecule has 4 nitrogen and oxygen atoms in total. The van der Waals surface area contributed by atoms with Crippen molar-refractivity contribution in [1.29, 1.82) is 0 Å². The molecule has 2 aromatic carbocycles. The number of ether oxygens (including phenoxy) is 1. The molecule has 0 spiro atoms. The number of nitrogens with one attached hydrogen (secondary N) is 1. The Morgan fingerprint density at radius 1 is 1.22 bits per heavy atom. The van der Waals surface area contributed by atoms with Gasteiger partial charge in [-0.25, -0.2) is 0 Å². The Kier molecular flexibility index (Phi) is 5.64. The maximum Gasteiger partial charge on any atom is 0.265 e. The van der Waals surface area contributed by atoms with Gasteiger partial charge in [-0.3, -0.25) is 4.79 Å². The number of carbonyl (C=O) groups is 1. The van der Waals surface area contributed by atoms with Gasteiger partial charge in [0.25, 0.3) is 5.91 Å². The van der Waals surface area contributed by atoms with Gasteiger partial charge >= 0.3 is 0 Å². The Bertz CT molecular complexity index is 700. The third kappa shape index (κ3) is 4.71. The van der Waals surface area contributed by atoms with E-state index < -0.39 is 12.2 Å². The van der Waals surface area contributed by atoms with E-state index in [0.29, 0.717) is 16.5 Å². The molecule has 0 saturated carbocycles. The molecule has 0 aliphatic rings. The van der Waals surface area contributed by atoms with Crippen LogP contribution >= 0.6 is 11.6 Å². The summed E-state index contributed by atoms with van der Waals surface area (Å²) < 4.78 is 5.69. The van der Waals surface area contributed by atoms with Gasteiger partial charge in [-0.05, 0) is 62.2 Å². The summed E-state index contributed by atoms with van der Waals surface area (Å²) in [5.41, 5.74) is 2.23. The Morgan fingerprint density at radius 3 is 2.61 bits per heavy atom. The van der Waals surface area contributed by atoms with Crippen LogP contribution in [0, 0.1) is 6.92 Å². The van der Waals surface area contributed by atoms with Crippen LogP contribution in [0.1, 0.15) is 31.1 Å². The van der Waals surface area contributed by atoms with Gasteiger partial charge in [0.05, 0.1) is 6.10 Å². The number of halogens is 1. The topological polar surface area (TPSA) is 58.6 Å². The van der Waals surface area contributed by atoms with Crippen molar-refractivity contribution in [1.82, 2.24) is 0 Å². The van der Waals surface area contributed by atoms with Crippen molar-refractivity contribution in [2.75, 3.05) is 5.32 Å². The Balaban J connectivity index is 2.04. The highest BCUT2D eigenvalue weighted by molar-refractivity contribution is 6.30. The quantitative estimate of drug-likeness (QED) is 0.865. The first-order valence-electron chi connectivity index (χ1n) is 7.38. The smallest absolute Gasteiger partial charge is 0.265 e. The highest BCUT2D eigenvalue weighted by Gasteiger charge is 2.16. The van der Waals surface area contributed by atoms with Crippen LogP contribution in [-0.2, 0) is 4.79 Å². The summed E-state index contributed by atoms with van der Waals surface area (Å²) in [6.07, 6.45) is -1.25. The van der Waals surface area contributed by atoms with Crippen LogP contribution in [0.3, 0.4) is 0 Å². The standard InChI is InChI=1S/C18H20ClNO3/c1-11-9-15(19)7-8-17(11)23-13(3)18(22)20-16-6-4-5-14(10-16)12(2)21/h4-10,12-13,21H,1-3H3,(H,20,22). The number of aryl methyl sites for hydroxylation is 1. The van der Waals surface area contributed by atoms with E-state index in [9.17, 15) is 9.90 Å². The Labute approximate surface area is 141 Å². The van der Waals surface area contributed by atoms with Crippen LogP contribution in [-0.4, -0.2) is 17.1 Å². The highest BCUT2D eigenvalue weighted by atomic mass is 35.5. The lowest BCUT2D eigenvalue weighted by Crippen LogP contribution is -2.30. The number of benzene rings is 2. The second kappa shape index (κ2) is 7.49. The molecule has 0 radical (unpaired) electrons. The summed E-state index contributed by atoms with van der Waals surface area (Å²) in [5, 5.41) is 13.0. The summed E-state index contributed by atoms with van der Waals surface area (Å²) in [7, 11) is 0. The molecule has 2 N–H and O–H groups in total. The zero-order chi connectivity index (χ0) is 17.0. The number of anilines is 1. The number of aliphatic hydroxyl groups excluding tert-OH is 1. The van der Waals surface area contributed by atoms with E-state index in [-0.39, 0.29) is 5.91 Å². The van der Waals surface area contributed by atoms with E-state index in [1.807, 2.05) is 6.92 Å². The minimum absolute atomic E-state index is 0.262. The zero-order valence-corrected chi connectivity index (χ0v) is 14.1. The largest absolute Gasteiger partial charge is 0.481 e. The van der Waals surface area contributed by atoms with Crippen LogP contribution in [0.15, 0.2) is 42.5 Å². The molecular weight excluding hydrogens is 314 g/mol. The highest BCUT2D eigenvalue weighted by Crippen LogP contribution is 2.23. The van der Waals surface area contributed by atoms with Crippen LogP contribution < -0.4 is 10.1 Å². The molecule has 0 saturated heterocycles. The van der Waals surface area contributed by atoms with Crippen LogP contribution in [0.25, 0.3) is 0 Å². The molecule has 0 aliphatic heterocycles. The van der Waals surface area contributed by atoms with Crippen molar-refractivity contribution in [3.8, 4) is 5.75 Å². The summed E-state index contributed by atoms with van der Waals surface area (Å²) in [6.45, 7) is 5.23. The van der Waals surface area contributed by atoms with Gasteiger partial charge < -0.3 is 15.2 Å². The lowest BCUT2D eigenvalue weighted by atomic mass is 10.1. The summed E-state index contributed by atoms with van der Waals surface area (Å²) >= 11 is 5.91. The van der Waals surface area contributed by atoms with Crippen molar-refractivity contribution < 1.29 is 14.6 Å². The lowest BCUT2D eigenvalue weighted by Gasteiger charge is -2.17. The number of hydrogen-bond donors (Lipinski definition) is 2. The average Bonchev–Trinajstić information content (AvgIpc) is 2.50. The molecule has 0 heterocycles. The summed E-state index contributed by atoms with van der Waals surface area (Å²) in [6, 6.07) is 12.3. The van der Waals surface area contributed by atoms with Crippen molar-refractivity contribution in [2.24, 2.45) is 0 Å². The van der Waals surface area contributed by atoms with Crippen LogP contribution in [0.4, 0.5) is 5.69 Å². The second-order valence-electron chi connectivity index (χ2n) is 5.46. The molecule has 1 amide bonds. The Hall–Kier alpha value is -2.04. The van der Waals surface area contributed by atoms with E-state index in [4.69, 9.17) is 16.3 Å². The fourth-order valence-electron chi connectivity index (χ4n) is 2.11. The first-order chi connectivity index (χ1) is 10.9. The molecule has 0 aliphatic carbocycles. The maximum absolute atomic E-state index is 12.3. The molecule has 0 aromatic heterocycles. The molecule has 2 atom stereocenters. The van der Waals surface area contributed by atoms with Crippen molar-refractivity contribution in [3.63, 3.8) is 0 Å². The molecule has 23 heavy (non-hydrogen) atoms. The Morgan fingerprint density at radius 2 is 1.96 bits per heavy atom. The first kappa shape index (κ1) is 17.3. The third-order valence-electron chi connectivity index (χ3n) is 3.45. The minimum Gasteiger partial charge on any atom is -0.481 e. The van der Waals surface area contributed by atoms with Gasteiger partial charge in [-0.15, -0.1) is 0 Å². The van der Waals surface area contributed by atoms with Crippen LogP contribution in [0.2, 0.25) is 5.02 Å². The fourth-order valence-corrected chi connectivity index (χ4v) is 2.34. The molecule has 0 bridgehead atoms. The second-order valence-corrected chi connectivity index (χ2v) is 5.90. The molecular formula is C18H20ClNO3. The normalized spacial score (nSPS) is 13.3. The predicted molar refractivity (Wildman–Crippen MR) is 92.0 cm³/mol. The van der Waals surface area contributed by atoms with Crippen LogP contribution in [0.5, 0.6) is 5.75 Å². The summed E-state index contributed by atoms with van der Waals surface area (Å²) in [4.78, 5) is 12.3. The van der Waals surface area contributed by atoms with Gasteiger partial charge in [0.2, 0.25) is 0 Å². The van der Waals surface area contributed by atoms with Crippen molar-refractivity contribution in [3.05, 3.63) is 58.6 Å². The molecule has 2 aromatic rings. The monoisotopic (exact) mass is 333 g/mol. The SMILES string of the molecule is Cc1cc(Cl)ccc1OC(C)C(=O)Nc1cccc(C(C)O)c1. The predicted octanol–water partition coefficient (Wildman–Crippen LogP) is 4.11. The van der Waals surface area contributed by atoms with Gasteiger partial charge in [-0.2, -0.15) is 0 Å². The van der Waals surface area contributed by atoms with E-state index >= 15 is 0 Å². The zero-order valence-electron chi connectivity index (χ0n) is 13.3. The average molecular weight is 334 g/mol. The minimum atomic E-state index is -0.662. The number of amides is 1. The molecule has 2 rings (SSSR count). The van der Waals surface area contributed by atoms with Gasteiger partial charge in [-0.1, -0.05) is 23.7 Å². The van der Waals surface area contributed by atoms with E-state index in [1.165, 1.54) is 0 Å². The number of aliphatic hydroxyl groups is 1. The third-order valence-corrected chi connectivity index (χ3v) is 3.68. The number of hydrogen-bond acceptors (Lipinski definition) is 3. The number of carbonyl (C=O) groups excluding carboxylic acids is 1. The summed E-state index contributed by atoms with van der Waals surface area (Å²) in [5.74, 6) is 0.358. The van der Waals surface area contributed by atoms with E-state index in [2.05, 4.69) is 5.32 Å². The van der Waals surface area contributed by atoms with Gasteiger partial charge in [0.15, 0.2) is 6.10 Å². The number of rotatable bonds is 5. The molecule has 0 fully saturated rings. The van der Waals surface area contributed by atoms with E-state index in [1.54, 1.807) is 56.3 Å².